The first-order valence-corrected chi connectivity index (χ1v) is 8.33. The molecule has 2 rings (SSSR count). The summed E-state index contributed by atoms with van der Waals surface area (Å²) in [6.45, 7) is -0.141. The van der Waals surface area contributed by atoms with Gasteiger partial charge in [0.2, 0.25) is 0 Å². The van der Waals surface area contributed by atoms with Gasteiger partial charge in [-0.2, -0.15) is 0 Å². The standard InChI is InChI=1S/C14H15NO4S2/c16-6-8-20-11-12(21-9-7-17)14(19)15(13(11)18)10-4-2-1-3-5-10/h1-5,16-17H,6-9H2. The molecule has 5 nitrogen and oxygen atoms in total. The Hall–Kier alpha value is -1.28. The molecule has 7 heteroatoms. The van der Waals surface area contributed by atoms with Crippen LogP contribution in [0.5, 0.6) is 0 Å². The number of rotatable bonds is 7. The molecule has 0 spiro atoms. The van der Waals surface area contributed by atoms with Gasteiger partial charge in [0.25, 0.3) is 11.8 Å². The molecule has 1 aromatic rings. The second-order valence-electron chi connectivity index (χ2n) is 4.08. The minimum absolute atomic E-state index is 0.0705. The SMILES string of the molecule is O=C1C(SCCO)=C(SCCO)C(=O)N1c1ccccc1. The number of carbonyl (C=O) groups is 2. The molecule has 0 saturated heterocycles. The highest BCUT2D eigenvalue weighted by Crippen LogP contribution is 2.38. The van der Waals surface area contributed by atoms with Crippen molar-refractivity contribution in [3.8, 4) is 0 Å². The summed E-state index contributed by atoms with van der Waals surface area (Å²) < 4.78 is 0. The lowest BCUT2D eigenvalue weighted by Gasteiger charge is -2.14. The molecule has 21 heavy (non-hydrogen) atoms. The van der Waals surface area contributed by atoms with E-state index in [-0.39, 0.29) is 25.0 Å². The molecule has 1 aromatic carbocycles. The summed E-state index contributed by atoms with van der Waals surface area (Å²) >= 11 is 2.34. The molecule has 0 aromatic heterocycles. The van der Waals surface area contributed by atoms with Crippen LogP contribution in [-0.2, 0) is 9.59 Å². The van der Waals surface area contributed by atoms with E-state index in [2.05, 4.69) is 0 Å². The third-order valence-corrected chi connectivity index (χ3v) is 4.93. The van der Waals surface area contributed by atoms with Crippen molar-refractivity contribution in [2.24, 2.45) is 0 Å². The van der Waals surface area contributed by atoms with Crippen LogP contribution in [0.4, 0.5) is 5.69 Å². The molecule has 112 valence electrons. The lowest BCUT2D eigenvalue weighted by molar-refractivity contribution is -0.120. The van der Waals surface area contributed by atoms with Crippen LogP contribution >= 0.6 is 23.5 Å². The smallest absolute Gasteiger partial charge is 0.273 e. The first-order chi connectivity index (χ1) is 10.2. The number of aliphatic hydroxyl groups is 2. The molecule has 0 radical (unpaired) electrons. The van der Waals surface area contributed by atoms with Crippen LogP contribution in [0.3, 0.4) is 0 Å². The summed E-state index contributed by atoms with van der Waals surface area (Å²) in [5, 5.41) is 17.8. The van der Waals surface area contributed by atoms with E-state index in [4.69, 9.17) is 10.2 Å². The molecular weight excluding hydrogens is 310 g/mol. The fourth-order valence-electron chi connectivity index (χ4n) is 1.85. The van der Waals surface area contributed by atoms with Crippen LogP contribution in [0.25, 0.3) is 0 Å². The number of para-hydroxylation sites is 1. The normalized spacial score (nSPS) is 15.2. The van der Waals surface area contributed by atoms with Gasteiger partial charge in [0.05, 0.1) is 28.7 Å². The second kappa shape index (κ2) is 7.65. The summed E-state index contributed by atoms with van der Waals surface area (Å²) in [6, 6.07) is 8.73. The molecule has 0 fully saturated rings. The molecule has 2 amide bonds. The van der Waals surface area contributed by atoms with Crippen LogP contribution in [0.2, 0.25) is 0 Å². The summed E-state index contributed by atoms with van der Waals surface area (Å²) in [5.74, 6) is -0.0458. The highest BCUT2D eigenvalue weighted by Gasteiger charge is 2.39. The van der Waals surface area contributed by atoms with Crippen molar-refractivity contribution in [2.75, 3.05) is 29.6 Å². The van der Waals surface area contributed by atoms with E-state index < -0.39 is 0 Å². The van der Waals surface area contributed by atoms with Crippen molar-refractivity contribution in [3.05, 3.63) is 40.1 Å². The maximum Gasteiger partial charge on any atom is 0.273 e. The quantitative estimate of drug-likeness (QED) is 0.734. The Morgan fingerprint density at radius 1 is 0.857 bits per heavy atom. The van der Waals surface area contributed by atoms with Gasteiger partial charge in [-0.05, 0) is 12.1 Å². The van der Waals surface area contributed by atoms with Crippen molar-refractivity contribution in [1.29, 1.82) is 0 Å². The average Bonchev–Trinajstić information content (AvgIpc) is 2.74. The maximum atomic E-state index is 12.5. The Morgan fingerprint density at radius 2 is 1.33 bits per heavy atom. The van der Waals surface area contributed by atoms with E-state index in [9.17, 15) is 9.59 Å². The third kappa shape index (κ3) is 3.49. The van der Waals surface area contributed by atoms with Crippen LogP contribution in [0, 0.1) is 0 Å². The van der Waals surface area contributed by atoms with Crippen molar-refractivity contribution in [3.63, 3.8) is 0 Å². The van der Waals surface area contributed by atoms with Gasteiger partial charge in [0, 0.05) is 11.5 Å². The third-order valence-electron chi connectivity index (χ3n) is 2.69. The number of aliphatic hydroxyl groups excluding tert-OH is 2. The van der Waals surface area contributed by atoms with Crippen LogP contribution in [0.1, 0.15) is 0 Å². The fraction of sp³-hybridized carbons (Fsp3) is 0.286. The predicted molar refractivity (Wildman–Crippen MR) is 85.0 cm³/mol. The zero-order valence-electron chi connectivity index (χ0n) is 11.2. The zero-order valence-corrected chi connectivity index (χ0v) is 12.8. The molecule has 1 aliphatic heterocycles. The monoisotopic (exact) mass is 325 g/mol. The molecule has 0 bridgehead atoms. The fourth-order valence-corrected chi connectivity index (χ4v) is 3.66. The second-order valence-corrected chi connectivity index (χ2v) is 6.29. The van der Waals surface area contributed by atoms with Gasteiger partial charge in [0.15, 0.2) is 0 Å². The maximum absolute atomic E-state index is 12.5. The first-order valence-electron chi connectivity index (χ1n) is 6.36. The molecule has 0 aliphatic carbocycles. The van der Waals surface area contributed by atoms with Gasteiger partial charge in [0.1, 0.15) is 0 Å². The predicted octanol–water partition coefficient (Wildman–Crippen LogP) is 1.22. The highest BCUT2D eigenvalue weighted by atomic mass is 32.2. The lowest BCUT2D eigenvalue weighted by Crippen LogP contribution is -2.31. The number of anilines is 1. The van der Waals surface area contributed by atoms with Crippen molar-refractivity contribution in [1.82, 2.24) is 0 Å². The minimum atomic E-state index is -0.370. The Labute approximate surface area is 131 Å². The zero-order chi connectivity index (χ0) is 15.2. The van der Waals surface area contributed by atoms with Crippen molar-refractivity contribution < 1.29 is 19.8 Å². The Bertz CT molecular complexity index is 529. The van der Waals surface area contributed by atoms with E-state index in [1.807, 2.05) is 6.07 Å². The van der Waals surface area contributed by atoms with Crippen LogP contribution in [0.15, 0.2) is 40.1 Å². The minimum Gasteiger partial charge on any atom is -0.396 e. The first kappa shape index (κ1) is 16.1. The molecule has 1 aliphatic rings. The molecule has 1 heterocycles. The number of amides is 2. The number of hydrogen-bond donors (Lipinski definition) is 2. The van der Waals surface area contributed by atoms with Gasteiger partial charge in [-0.1, -0.05) is 18.2 Å². The molecule has 0 unspecified atom stereocenters. The summed E-state index contributed by atoms with van der Waals surface area (Å²) in [6.07, 6.45) is 0. The largest absolute Gasteiger partial charge is 0.396 e. The van der Waals surface area contributed by atoms with E-state index in [1.165, 1.54) is 23.5 Å². The summed E-state index contributed by atoms with van der Waals surface area (Å²) in [5.41, 5.74) is 0.522. The van der Waals surface area contributed by atoms with Crippen molar-refractivity contribution >= 4 is 41.0 Å². The molecule has 0 atom stereocenters. The Kier molecular flexibility index (Phi) is 5.86. The number of hydrogen-bond acceptors (Lipinski definition) is 6. The summed E-state index contributed by atoms with van der Waals surface area (Å²) in [4.78, 5) is 26.8. The van der Waals surface area contributed by atoms with Gasteiger partial charge in [-0.3, -0.25) is 9.59 Å². The topological polar surface area (TPSA) is 77.8 Å². The van der Waals surface area contributed by atoms with Gasteiger partial charge >= 0.3 is 0 Å². The Balaban J connectivity index is 2.30. The van der Waals surface area contributed by atoms with E-state index in [1.54, 1.807) is 24.3 Å². The molecule has 2 N–H and O–H groups in total. The number of imide groups is 1. The average molecular weight is 325 g/mol. The van der Waals surface area contributed by atoms with Gasteiger partial charge in [-0.25, -0.2) is 4.90 Å². The number of carbonyl (C=O) groups excluding carboxylic acids is 2. The summed E-state index contributed by atoms with van der Waals surface area (Å²) in [7, 11) is 0. The number of nitrogens with zero attached hydrogens (tertiary/aromatic N) is 1. The van der Waals surface area contributed by atoms with E-state index in [0.717, 1.165) is 4.90 Å². The molecular formula is C14H15NO4S2. The lowest BCUT2D eigenvalue weighted by atomic mass is 10.3. The van der Waals surface area contributed by atoms with Gasteiger partial charge < -0.3 is 10.2 Å². The number of benzene rings is 1. The highest BCUT2D eigenvalue weighted by molar-refractivity contribution is 8.08. The Morgan fingerprint density at radius 3 is 1.76 bits per heavy atom. The number of thioether (sulfide) groups is 2. The van der Waals surface area contributed by atoms with Crippen LogP contribution < -0.4 is 4.90 Å². The van der Waals surface area contributed by atoms with Gasteiger partial charge in [-0.15, -0.1) is 23.5 Å². The van der Waals surface area contributed by atoms with E-state index >= 15 is 0 Å². The molecule has 0 saturated carbocycles. The van der Waals surface area contributed by atoms with Crippen molar-refractivity contribution in [2.45, 2.75) is 0 Å². The van der Waals surface area contributed by atoms with Crippen LogP contribution in [-0.4, -0.2) is 46.7 Å². The van der Waals surface area contributed by atoms with E-state index in [0.29, 0.717) is 27.0 Å².